The molecule has 22 heavy (non-hydrogen) atoms. The second-order valence-electron chi connectivity index (χ2n) is 5.38. The number of oxazole rings is 1. The highest BCUT2D eigenvalue weighted by Crippen LogP contribution is 2.18. The standard InChI is InChI=1S/C15H16N2O5/c18-13(19)9-17-11-8-10(4-5-12(11)22-15(17)21)14(20)16-6-2-1-3-7-16/h4-5,8H,1-3,6-7,9H2,(H,18,19). The van der Waals surface area contributed by atoms with Gasteiger partial charge in [0, 0.05) is 18.7 Å². The first-order chi connectivity index (χ1) is 10.6. The van der Waals surface area contributed by atoms with E-state index in [-0.39, 0.29) is 11.5 Å². The zero-order chi connectivity index (χ0) is 15.7. The van der Waals surface area contributed by atoms with E-state index in [0.717, 1.165) is 36.9 Å². The first-order valence-electron chi connectivity index (χ1n) is 7.21. The summed E-state index contributed by atoms with van der Waals surface area (Å²) in [6.45, 7) is 0.960. The van der Waals surface area contributed by atoms with Gasteiger partial charge in [-0.1, -0.05) is 0 Å². The van der Waals surface area contributed by atoms with Crippen molar-refractivity contribution in [1.82, 2.24) is 9.47 Å². The Morgan fingerprint density at radius 3 is 2.59 bits per heavy atom. The summed E-state index contributed by atoms with van der Waals surface area (Å²) in [6.07, 6.45) is 3.11. The summed E-state index contributed by atoms with van der Waals surface area (Å²) in [5, 5.41) is 8.87. The van der Waals surface area contributed by atoms with E-state index in [2.05, 4.69) is 0 Å². The Bertz CT molecular complexity index is 783. The van der Waals surface area contributed by atoms with Gasteiger partial charge < -0.3 is 14.4 Å². The number of aromatic nitrogens is 1. The molecule has 3 rings (SSSR count). The minimum Gasteiger partial charge on any atom is -0.480 e. The number of rotatable bonds is 3. The zero-order valence-electron chi connectivity index (χ0n) is 11.9. The summed E-state index contributed by atoms with van der Waals surface area (Å²) < 4.78 is 6.02. The van der Waals surface area contributed by atoms with Crippen LogP contribution >= 0.6 is 0 Å². The highest BCUT2D eigenvalue weighted by Gasteiger charge is 2.20. The molecule has 7 heteroatoms. The van der Waals surface area contributed by atoms with Crippen molar-refractivity contribution in [3.05, 3.63) is 34.3 Å². The summed E-state index contributed by atoms with van der Waals surface area (Å²) >= 11 is 0. The molecule has 1 saturated heterocycles. The summed E-state index contributed by atoms with van der Waals surface area (Å²) in [4.78, 5) is 36.8. The second-order valence-corrected chi connectivity index (χ2v) is 5.38. The topological polar surface area (TPSA) is 92.7 Å². The predicted molar refractivity (Wildman–Crippen MR) is 77.9 cm³/mol. The van der Waals surface area contributed by atoms with Crippen LogP contribution in [-0.4, -0.2) is 39.5 Å². The molecule has 116 valence electrons. The average Bonchev–Trinajstić information content (AvgIpc) is 2.82. The fourth-order valence-electron chi connectivity index (χ4n) is 2.76. The summed E-state index contributed by atoms with van der Waals surface area (Å²) in [6, 6.07) is 4.67. The van der Waals surface area contributed by atoms with Crippen LogP contribution in [0.2, 0.25) is 0 Å². The van der Waals surface area contributed by atoms with Gasteiger partial charge in [0.25, 0.3) is 5.91 Å². The van der Waals surface area contributed by atoms with Crippen molar-refractivity contribution in [3.63, 3.8) is 0 Å². The van der Waals surface area contributed by atoms with Gasteiger partial charge in [-0.15, -0.1) is 0 Å². The van der Waals surface area contributed by atoms with E-state index in [4.69, 9.17) is 9.52 Å². The van der Waals surface area contributed by atoms with Crippen molar-refractivity contribution in [1.29, 1.82) is 0 Å². The maximum absolute atomic E-state index is 12.5. The maximum atomic E-state index is 12.5. The number of hydrogen-bond acceptors (Lipinski definition) is 4. The molecule has 1 aromatic carbocycles. The predicted octanol–water partition coefficient (Wildman–Crippen LogP) is 1.31. The molecular formula is C15H16N2O5. The molecule has 0 saturated carbocycles. The van der Waals surface area contributed by atoms with Crippen LogP contribution in [0.1, 0.15) is 29.6 Å². The number of carboxylic acid groups (broad SMARTS) is 1. The molecule has 7 nitrogen and oxygen atoms in total. The number of benzene rings is 1. The number of carbonyl (C=O) groups excluding carboxylic acids is 1. The van der Waals surface area contributed by atoms with E-state index < -0.39 is 18.3 Å². The van der Waals surface area contributed by atoms with Crippen LogP contribution in [0.15, 0.2) is 27.4 Å². The lowest BCUT2D eigenvalue weighted by molar-refractivity contribution is -0.137. The molecule has 1 aromatic heterocycles. The highest BCUT2D eigenvalue weighted by molar-refractivity contribution is 5.97. The summed E-state index contributed by atoms with van der Waals surface area (Å²) in [7, 11) is 0. The Balaban J connectivity index is 1.99. The van der Waals surface area contributed by atoms with E-state index >= 15 is 0 Å². The third-order valence-electron chi connectivity index (χ3n) is 3.85. The zero-order valence-corrected chi connectivity index (χ0v) is 11.9. The first-order valence-corrected chi connectivity index (χ1v) is 7.21. The van der Waals surface area contributed by atoms with Gasteiger partial charge in [0.2, 0.25) is 0 Å². The van der Waals surface area contributed by atoms with Gasteiger partial charge in [-0.25, -0.2) is 4.79 Å². The van der Waals surface area contributed by atoms with E-state index in [1.54, 1.807) is 11.0 Å². The van der Waals surface area contributed by atoms with E-state index in [9.17, 15) is 14.4 Å². The highest BCUT2D eigenvalue weighted by atomic mass is 16.4. The van der Waals surface area contributed by atoms with Gasteiger partial charge in [-0.3, -0.25) is 14.2 Å². The molecule has 1 amide bonds. The fourth-order valence-corrected chi connectivity index (χ4v) is 2.76. The maximum Gasteiger partial charge on any atom is 0.420 e. The molecule has 1 fully saturated rings. The molecule has 0 bridgehead atoms. The number of aliphatic carboxylic acids is 1. The molecule has 2 heterocycles. The van der Waals surface area contributed by atoms with Crippen LogP contribution in [0.5, 0.6) is 0 Å². The fraction of sp³-hybridized carbons (Fsp3) is 0.400. The minimum absolute atomic E-state index is 0.0999. The Labute approximate surface area is 125 Å². The van der Waals surface area contributed by atoms with Crippen molar-refractivity contribution < 1.29 is 19.1 Å². The number of carboxylic acids is 1. The van der Waals surface area contributed by atoms with Crippen molar-refractivity contribution in [2.75, 3.05) is 13.1 Å². The molecule has 0 unspecified atom stereocenters. The largest absolute Gasteiger partial charge is 0.480 e. The van der Waals surface area contributed by atoms with Crippen molar-refractivity contribution in [3.8, 4) is 0 Å². The number of hydrogen-bond donors (Lipinski definition) is 1. The second kappa shape index (κ2) is 5.67. The van der Waals surface area contributed by atoms with Crippen LogP contribution in [0.4, 0.5) is 0 Å². The number of carbonyl (C=O) groups is 2. The number of fused-ring (bicyclic) bond motifs is 1. The van der Waals surface area contributed by atoms with Crippen molar-refractivity contribution >= 4 is 23.0 Å². The van der Waals surface area contributed by atoms with Crippen LogP contribution in [0.25, 0.3) is 11.1 Å². The third kappa shape index (κ3) is 2.61. The van der Waals surface area contributed by atoms with Crippen LogP contribution in [-0.2, 0) is 11.3 Å². The third-order valence-corrected chi connectivity index (χ3v) is 3.85. The molecule has 1 aliphatic heterocycles. The quantitative estimate of drug-likeness (QED) is 0.922. The Morgan fingerprint density at radius 1 is 1.18 bits per heavy atom. The van der Waals surface area contributed by atoms with Crippen molar-refractivity contribution in [2.45, 2.75) is 25.8 Å². The lowest BCUT2D eigenvalue weighted by Crippen LogP contribution is -2.35. The van der Waals surface area contributed by atoms with E-state index in [1.165, 1.54) is 12.1 Å². The normalized spacial score (nSPS) is 15.2. The average molecular weight is 304 g/mol. The van der Waals surface area contributed by atoms with Crippen molar-refractivity contribution in [2.24, 2.45) is 0 Å². The number of likely N-dealkylation sites (tertiary alicyclic amines) is 1. The molecule has 2 aromatic rings. The first kappa shape index (κ1) is 14.4. The number of piperidine rings is 1. The van der Waals surface area contributed by atoms with E-state index in [0.29, 0.717) is 11.1 Å². The Hall–Kier alpha value is -2.57. The van der Waals surface area contributed by atoms with Gasteiger partial charge in [0.15, 0.2) is 5.58 Å². The molecule has 0 aliphatic carbocycles. The molecule has 0 spiro atoms. The summed E-state index contributed by atoms with van der Waals surface area (Å²) in [5.74, 6) is -1.98. The smallest absolute Gasteiger partial charge is 0.420 e. The van der Waals surface area contributed by atoms with Crippen LogP contribution in [0.3, 0.4) is 0 Å². The lowest BCUT2D eigenvalue weighted by atomic mass is 10.1. The van der Waals surface area contributed by atoms with Crippen LogP contribution < -0.4 is 5.76 Å². The molecule has 0 atom stereocenters. The molecule has 0 radical (unpaired) electrons. The van der Waals surface area contributed by atoms with Crippen LogP contribution in [0, 0.1) is 0 Å². The molecular weight excluding hydrogens is 288 g/mol. The Morgan fingerprint density at radius 2 is 1.91 bits per heavy atom. The minimum atomic E-state index is -1.14. The van der Waals surface area contributed by atoms with Gasteiger partial charge in [0.05, 0.1) is 5.52 Å². The van der Waals surface area contributed by atoms with E-state index in [1.807, 2.05) is 0 Å². The Kier molecular flexibility index (Phi) is 3.70. The van der Waals surface area contributed by atoms with Gasteiger partial charge >= 0.3 is 11.7 Å². The molecule has 1 aliphatic rings. The number of nitrogens with zero attached hydrogens (tertiary/aromatic N) is 2. The monoisotopic (exact) mass is 304 g/mol. The lowest BCUT2D eigenvalue weighted by Gasteiger charge is -2.26. The van der Waals surface area contributed by atoms with Gasteiger partial charge in [-0.2, -0.15) is 0 Å². The SMILES string of the molecule is O=C(O)Cn1c(=O)oc2ccc(C(=O)N3CCCCC3)cc21. The van der Waals surface area contributed by atoms with Gasteiger partial charge in [-0.05, 0) is 37.5 Å². The van der Waals surface area contributed by atoms with Gasteiger partial charge in [0.1, 0.15) is 6.54 Å². The molecule has 1 N–H and O–H groups in total. The summed E-state index contributed by atoms with van der Waals surface area (Å²) in [5.41, 5.74) is 1.05. The number of amides is 1.